The van der Waals surface area contributed by atoms with Crippen LogP contribution in [0, 0.1) is 0 Å². The highest BCUT2D eigenvalue weighted by Crippen LogP contribution is 2.37. The van der Waals surface area contributed by atoms with Gasteiger partial charge < -0.3 is 15.0 Å². The fourth-order valence-corrected chi connectivity index (χ4v) is 3.10. The molecule has 7 nitrogen and oxygen atoms in total. The number of carbonyl (C=O) groups is 1. The summed E-state index contributed by atoms with van der Waals surface area (Å²) in [5.41, 5.74) is 4.00. The van der Waals surface area contributed by atoms with E-state index in [9.17, 15) is 4.79 Å². The van der Waals surface area contributed by atoms with E-state index in [0.717, 1.165) is 5.56 Å². The van der Waals surface area contributed by atoms with Crippen LogP contribution in [0.4, 0.5) is 5.82 Å². The Hall–Kier alpha value is -3.45. The van der Waals surface area contributed by atoms with Crippen molar-refractivity contribution in [3.05, 3.63) is 53.9 Å². The lowest BCUT2D eigenvalue weighted by Gasteiger charge is -2.07. The van der Waals surface area contributed by atoms with Crippen molar-refractivity contribution >= 4 is 34.4 Å². The monoisotopic (exact) mass is 396 g/mol. The number of aromatic amines is 1. The van der Waals surface area contributed by atoms with Crippen LogP contribution < -0.4 is 10.1 Å². The minimum Gasteiger partial charge on any atom is -0.495 e. The normalized spacial score (nSPS) is 12.9. The lowest BCUT2D eigenvalue weighted by atomic mass is 10.0. The Morgan fingerprint density at radius 1 is 1.21 bits per heavy atom. The van der Waals surface area contributed by atoms with Crippen molar-refractivity contribution in [1.82, 2.24) is 19.9 Å². The molecule has 140 valence electrons. The van der Waals surface area contributed by atoms with Gasteiger partial charge in [0.1, 0.15) is 11.6 Å². The van der Waals surface area contributed by atoms with Crippen molar-refractivity contribution in [2.24, 2.45) is 0 Å². The number of fused-ring (bicyclic) bond motifs is 1. The van der Waals surface area contributed by atoms with E-state index in [2.05, 4.69) is 25.3 Å². The molecule has 0 aliphatic carbocycles. The molecule has 28 heavy (non-hydrogen) atoms. The first kappa shape index (κ1) is 14.6. The van der Waals surface area contributed by atoms with E-state index >= 15 is 0 Å². The van der Waals surface area contributed by atoms with Gasteiger partial charge in [0, 0.05) is 24.9 Å². The van der Waals surface area contributed by atoms with Crippen LogP contribution in [0.5, 0.6) is 5.75 Å². The second kappa shape index (κ2) is 7.28. The molecule has 4 aromatic heterocycles. The van der Waals surface area contributed by atoms with Gasteiger partial charge in [-0.2, -0.15) is 0 Å². The van der Waals surface area contributed by atoms with Gasteiger partial charge in [0.25, 0.3) is 0 Å². The number of H-pyrrole nitrogens is 1. The zero-order valence-corrected chi connectivity index (χ0v) is 15.4. The van der Waals surface area contributed by atoms with Gasteiger partial charge in [-0.05, 0) is 30.3 Å². The Morgan fingerprint density at radius 2 is 2.11 bits per heavy atom. The van der Waals surface area contributed by atoms with Crippen LogP contribution in [0.15, 0.2) is 48.9 Å². The summed E-state index contributed by atoms with van der Waals surface area (Å²) in [6.07, 6.45) is 4.46. The average Bonchev–Trinajstić information content (AvgIpc) is 3.05. The Labute approximate surface area is 170 Å². The second-order valence-corrected chi connectivity index (χ2v) is 6.45. The molecule has 8 heteroatoms. The molecule has 0 aliphatic heterocycles. The summed E-state index contributed by atoms with van der Waals surface area (Å²) in [6.45, 7) is 1.40. The Balaban J connectivity index is 1.86. The highest BCUT2D eigenvalue weighted by atomic mass is 35.5. The molecule has 0 atom stereocenters. The summed E-state index contributed by atoms with van der Waals surface area (Å²) >= 11 is 6.11. The Morgan fingerprint density at radius 3 is 2.86 bits per heavy atom. The molecular weight excluding hydrogens is 378 g/mol. The first-order valence-electron chi connectivity index (χ1n) is 9.76. The molecule has 4 heterocycles. The van der Waals surface area contributed by atoms with Crippen molar-refractivity contribution in [1.29, 1.82) is 0 Å². The van der Waals surface area contributed by atoms with Crippen LogP contribution in [-0.4, -0.2) is 32.9 Å². The summed E-state index contributed by atoms with van der Waals surface area (Å²) in [5.74, 6) is 0.287. The summed E-state index contributed by atoms with van der Waals surface area (Å²) in [4.78, 5) is 27.7. The fraction of sp³-hybridized carbons (Fsp3) is 0.100. The molecule has 1 amide bonds. The molecule has 0 aliphatic rings. The van der Waals surface area contributed by atoms with Gasteiger partial charge in [-0.15, -0.1) is 0 Å². The Kier molecular flexibility index (Phi) is 3.79. The molecule has 0 saturated heterocycles. The molecule has 4 rings (SSSR count). The number of halogens is 1. The highest BCUT2D eigenvalue weighted by molar-refractivity contribution is 6.31. The van der Waals surface area contributed by atoms with E-state index in [-0.39, 0.29) is 11.7 Å². The number of rotatable bonds is 4. The lowest BCUT2D eigenvalue weighted by molar-refractivity contribution is -0.114. The predicted molar refractivity (Wildman–Crippen MR) is 108 cm³/mol. The SMILES string of the molecule is [2H]C([2H])([2H])Oc1ccc(-c2c(-c3ccnc(NC(C)=O)c3)[nH]c3cc(Cl)cnc23)nc1. The molecule has 2 N–H and O–H groups in total. The third kappa shape index (κ3) is 3.39. The first-order chi connectivity index (χ1) is 14.7. The van der Waals surface area contributed by atoms with Gasteiger partial charge in [0.2, 0.25) is 5.91 Å². The minimum absolute atomic E-state index is 0.123. The number of amides is 1. The maximum atomic E-state index is 11.4. The van der Waals surface area contributed by atoms with Gasteiger partial charge in [0.05, 0.1) is 50.4 Å². The molecule has 0 aromatic carbocycles. The third-order valence-electron chi connectivity index (χ3n) is 4.06. The van der Waals surface area contributed by atoms with Crippen LogP contribution in [0.1, 0.15) is 11.0 Å². The smallest absolute Gasteiger partial charge is 0.222 e. The summed E-state index contributed by atoms with van der Waals surface area (Å²) in [7, 11) is -2.56. The zero-order chi connectivity index (χ0) is 22.2. The molecule has 4 aromatic rings. The van der Waals surface area contributed by atoms with E-state index in [1.807, 2.05) is 0 Å². The number of pyridine rings is 3. The second-order valence-electron chi connectivity index (χ2n) is 6.02. The average molecular weight is 397 g/mol. The van der Waals surface area contributed by atoms with E-state index in [4.69, 9.17) is 20.5 Å². The van der Waals surface area contributed by atoms with Gasteiger partial charge in [-0.25, -0.2) is 4.98 Å². The molecule has 0 saturated carbocycles. The minimum atomic E-state index is -2.56. The number of nitrogens with one attached hydrogen (secondary N) is 2. The number of nitrogens with zero attached hydrogens (tertiary/aromatic N) is 3. The number of carbonyl (C=O) groups excluding carboxylic acids is 1. The quantitative estimate of drug-likeness (QED) is 0.536. The molecule has 0 bridgehead atoms. The van der Waals surface area contributed by atoms with E-state index < -0.39 is 7.04 Å². The highest BCUT2D eigenvalue weighted by Gasteiger charge is 2.18. The first-order valence-corrected chi connectivity index (χ1v) is 8.64. The molecule has 0 radical (unpaired) electrons. The van der Waals surface area contributed by atoms with Crippen molar-refractivity contribution in [3.8, 4) is 28.3 Å². The van der Waals surface area contributed by atoms with Crippen molar-refractivity contribution in [2.75, 3.05) is 12.4 Å². The van der Waals surface area contributed by atoms with Crippen molar-refractivity contribution in [2.45, 2.75) is 6.92 Å². The third-order valence-corrected chi connectivity index (χ3v) is 4.27. The van der Waals surface area contributed by atoms with Gasteiger partial charge in [0.15, 0.2) is 0 Å². The lowest BCUT2D eigenvalue weighted by Crippen LogP contribution is -2.07. The topological polar surface area (TPSA) is 92.8 Å². The van der Waals surface area contributed by atoms with Crippen molar-refractivity contribution in [3.63, 3.8) is 0 Å². The molecule has 0 fully saturated rings. The van der Waals surface area contributed by atoms with Gasteiger partial charge in [-0.1, -0.05) is 11.6 Å². The number of ether oxygens (including phenoxy) is 1. The fourth-order valence-electron chi connectivity index (χ4n) is 2.94. The van der Waals surface area contributed by atoms with E-state index in [1.54, 1.807) is 30.5 Å². The molecular formula is C20H16ClN5O2. The van der Waals surface area contributed by atoms with E-state index in [0.29, 0.717) is 38.8 Å². The summed E-state index contributed by atoms with van der Waals surface area (Å²) < 4.78 is 26.6. The zero-order valence-electron chi connectivity index (χ0n) is 17.7. The largest absolute Gasteiger partial charge is 0.495 e. The number of aromatic nitrogens is 4. The number of anilines is 1. The van der Waals surface area contributed by atoms with Crippen LogP contribution in [0.3, 0.4) is 0 Å². The van der Waals surface area contributed by atoms with Crippen molar-refractivity contribution < 1.29 is 13.6 Å². The van der Waals surface area contributed by atoms with Crippen LogP contribution >= 0.6 is 11.6 Å². The molecule has 0 spiro atoms. The number of hydrogen-bond acceptors (Lipinski definition) is 5. The van der Waals surface area contributed by atoms with Crippen LogP contribution in [0.2, 0.25) is 5.02 Å². The van der Waals surface area contributed by atoms with Gasteiger partial charge in [-0.3, -0.25) is 14.8 Å². The maximum Gasteiger partial charge on any atom is 0.222 e. The standard InChI is InChI=1S/C20H16ClN5O2/c1-11(27)25-17-7-12(5-6-22-17)19-18(15-4-3-14(28-2)10-23-15)20-16(26-19)8-13(21)9-24-20/h3-10,26H,1-2H3,(H,22,25,27)/i2D3. The maximum absolute atomic E-state index is 11.4. The van der Waals surface area contributed by atoms with Crippen LogP contribution in [0.25, 0.3) is 33.5 Å². The number of hydrogen-bond donors (Lipinski definition) is 2. The number of methoxy groups -OCH3 is 1. The summed E-state index contributed by atoms with van der Waals surface area (Å²) in [6, 6.07) is 8.44. The van der Waals surface area contributed by atoms with Gasteiger partial charge >= 0.3 is 0 Å². The predicted octanol–water partition coefficient (Wildman–Crippen LogP) is 4.31. The summed E-state index contributed by atoms with van der Waals surface area (Å²) in [5, 5.41) is 3.13. The Bertz CT molecular complexity index is 1270. The molecule has 0 unspecified atom stereocenters. The van der Waals surface area contributed by atoms with E-state index in [1.165, 1.54) is 25.4 Å². The van der Waals surface area contributed by atoms with Crippen LogP contribution in [-0.2, 0) is 4.79 Å².